The van der Waals surface area contributed by atoms with Gasteiger partial charge in [-0.2, -0.15) is 0 Å². The fraction of sp³-hybridized carbons (Fsp3) is 0.227. The van der Waals surface area contributed by atoms with E-state index in [1.54, 1.807) is 62.4 Å². The lowest BCUT2D eigenvalue weighted by Gasteiger charge is -2.05. The van der Waals surface area contributed by atoms with Gasteiger partial charge in [-0.15, -0.1) is 0 Å². The molecule has 0 heterocycles. The molecule has 0 aliphatic heterocycles. The van der Waals surface area contributed by atoms with E-state index in [4.69, 9.17) is 0 Å². The number of carboxylic acid groups (broad SMARTS) is 1. The van der Waals surface area contributed by atoms with E-state index in [1.165, 1.54) is 0 Å². The summed E-state index contributed by atoms with van der Waals surface area (Å²) in [4.78, 5) is 41.8. The normalized spacial score (nSPS) is 13.0. The molecule has 2 aromatic rings. The van der Waals surface area contributed by atoms with Gasteiger partial charge in [-0.1, -0.05) is 60.7 Å². The minimum Gasteiger partial charge on any atom is -0.550 e. The summed E-state index contributed by atoms with van der Waals surface area (Å²) in [5.41, 5.74) is 1.16. The summed E-state index contributed by atoms with van der Waals surface area (Å²) >= 11 is 2.06. The molecule has 0 aliphatic rings. The van der Waals surface area contributed by atoms with Crippen LogP contribution in [0.3, 0.4) is 0 Å². The van der Waals surface area contributed by atoms with E-state index in [-0.39, 0.29) is 23.2 Å². The van der Waals surface area contributed by atoms with Crippen molar-refractivity contribution in [2.24, 2.45) is 0 Å². The Morgan fingerprint density at radius 3 is 1.77 bits per heavy atom. The molecule has 0 aliphatic carbocycles. The largest absolute Gasteiger partial charge is 0.550 e. The Balaban J connectivity index is 2.01. The smallest absolute Gasteiger partial charge is 0.229 e. The maximum absolute atomic E-state index is 12.3. The molecule has 2 aromatic carbocycles. The van der Waals surface area contributed by atoms with E-state index in [0.29, 0.717) is 21.2 Å². The van der Waals surface area contributed by atoms with Crippen LogP contribution in [-0.4, -0.2) is 38.9 Å². The standard InChI is InChI=1S/C22H22N2O4S2/c1-15(29-21(27)17-9-5-3-6-10-17)23-14-19(13-20(25)26)24-16(2)30-22(28)18-11-7-4-8-12-18/h3-12,19H,13-14H2,1-2H3,(H,25,26)/p+1. The van der Waals surface area contributed by atoms with Crippen molar-refractivity contribution in [1.82, 2.24) is 0 Å². The van der Waals surface area contributed by atoms with E-state index in [1.807, 2.05) is 12.1 Å². The monoisotopic (exact) mass is 443 g/mol. The van der Waals surface area contributed by atoms with Crippen molar-refractivity contribution in [3.8, 4) is 0 Å². The molecule has 0 saturated heterocycles. The van der Waals surface area contributed by atoms with Crippen LogP contribution in [0.25, 0.3) is 0 Å². The molecule has 1 unspecified atom stereocenters. The van der Waals surface area contributed by atoms with Crippen LogP contribution in [0.4, 0.5) is 0 Å². The van der Waals surface area contributed by atoms with Gasteiger partial charge in [0.15, 0.2) is 0 Å². The van der Waals surface area contributed by atoms with Crippen LogP contribution in [0, 0.1) is 0 Å². The van der Waals surface area contributed by atoms with Gasteiger partial charge in [0.05, 0.1) is 6.42 Å². The van der Waals surface area contributed by atoms with Crippen molar-refractivity contribution in [1.29, 1.82) is 0 Å². The molecule has 0 amide bonds. The topological polar surface area (TPSA) is 102 Å². The Labute approximate surface area is 183 Å². The first kappa shape index (κ1) is 23.6. The maximum atomic E-state index is 12.3. The molecule has 0 saturated carbocycles. The SMILES string of the molecule is CC(=[NH+]CC(CC(=O)[O-])[NH+]=C(C)SC(=O)c1ccccc1)SC(=O)c1ccccc1. The second-order valence-electron chi connectivity index (χ2n) is 6.42. The summed E-state index contributed by atoms with van der Waals surface area (Å²) in [5.74, 6) is -1.20. The van der Waals surface area contributed by atoms with E-state index >= 15 is 0 Å². The summed E-state index contributed by atoms with van der Waals surface area (Å²) in [6, 6.07) is 17.2. The third kappa shape index (κ3) is 8.34. The first-order chi connectivity index (χ1) is 14.3. The first-order valence-corrected chi connectivity index (χ1v) is 10.9. The Morgan fingerprint density at radius 2 is 1.30 bits per heavy atom. The molecule has 0 bridgehead atoms. The van der Waals surface area contributed by atoms with Crippen LogP contribution < -0.4 is 15.1 Å². The molecular formula is C22H23N2O4S2+. The molecule has 30 heavy (non-hydrogen) atoms. The highest BCUT2D eigenvalue weighted by molar-refractivity contribution is 8.26. The lowest BCUT2D eigenvalue weighted by atomic mass is 10.2. The van der Waals surface area contributed by atoms with Gasteiger partial charge in [0.2, 0.25) is 32.9 Å². The summed E-state index contributed by atoms with van der Waals surface area (Å²) in [5, 5.41) is 12.1. The molecule has 2 rings (SSSR count). The van der Waals surface area contributed by atoms with E-state index < -0.39 is 12.0 Å². The van der Waals surface area contributed by atoms with Crippen LogP contribution >= 0.6 is 23.5 Å². The molecule has 6 nitrogen and oxygen atoms in total. The number of hydrogen-bond donors (Lipinski definition) is 2. The van der Waals surface area contributed by atoms with Crippen molar-refractivity contribution >= 4 is 49.8 Å². The predicted molar refractivity (Wildman–Crippen MR) is 118 cm³/mol. The van der Waals surface area contributed by atoms with Crippen LogP contribution in [0.15, 0.2) is 60.7 Å². The number of aliphatic carboxylic acids is 1. The number of nitrogens with one attached hydrogen (secondary N) is 2. The van der Waals surface area contributed by atoms with Crippen LogP contribution in [0.2, 0.25) is 0 Å². The number of rotatable bonds is 7. The van der Waals surface area contributed by atoms with Gasteiger partial charge in [0.1, 0.15) is 0 Å². The average molecular weight is 444 g/mol. The Hall–Kier alpha value is -2.71. The van der Waals surface area contributed by atoms with Gasteiger partial charge in [-0.25, -0.2) is 9.98 Å². The zero-order chi connectivity index (χ0) is 21.9. The molecule has 156 valence electrons. The Morgan fingerprint density at radius 1 is 0.833 bits per heavy atom. The van der Waals surface area contributed by atoms with Gasteiger partial charge >= 0.3 is 0 Å². The summed E-state index contributed by atoms with van der Waals surface area (Å²) in [6.07, 6.45) is -0.241. The molecular weight excluding hydrogens is 420 g/mol. The fourth-order valence-corrected chi connectivity index (χ4v) is 3.98. The number of benzene rings is 2. The van der Waals surface area contributed by atoms with E-state index in [0.717, 1.165) is 23.5 Å². The van der Waals surface area contributed by atoms with Crippen LogP contribution in [0.1, 0.15) is 41.0 Å². The minimum atomic E-state index is -1.20. The second-order valence-corrected chi connectivity index (χ2v) is 8.80. The quantitative estimate of drug-likeness (QED) is 0.448. The van der Waals surface area contributed by atoms with Crippen LogP contribution in [0.5, 0.6) is 0 Å². The average Bonchev–Trinajstić information content (AvgIpc) is 2.72. The molecule has 0 aromatic heterocycles. The highest BCUT2D eigenvalue weighted by atomic mass is 32.2. The second kappa shape index (κ2) is 12.1. The van der Waals surface area contributed by atoms with Gasteiger partial charge in [0.25, 0.3) is 0 Å². The van der Waals surface area contributed by atoms with Crippen LogP contribution in [-0.2, 0) is 4.79 Å². The lowest BCUT2D eigenvalue weighted by Crippen LogP contribution is -2.89. The first-order valence-electron chi connectivity index (χ1n) is 9.27. The number of hydrogen-bond acceptors (Lipinski definition) is 6. The Kier molecular flexibility index (Phi) is 9.50. The Bertz CT molecular complexity index is 944. The zero-order valence-corrected chi connectivity index (χ0v) is 18.3. The summed E-state index contributed by atoms with van der Waals surface area (Å²) < 4.78 is 0. The zero-order valence-electron chi connectivity index (χ0n) is 16.7. The lowest BCUT2D eigenvalue weighted by molar-refractivity contribution is -0.571. The van der Waals surface area contributed by atoms with Crippen molar-refractivity contribution in [2.45, 2.75) is 26.3 Å². The van der Waals surface area contributed by atoms with Crippen molar-refractivity contribution < 1.29 is 29.5 Å². The molecule has 0 radical (unpaired) electrons. The third-order valence-electron chi connectivity index (χ3n) is 3.93. The number of thioether (sulfide) groups is 2. The maximum Gasteiger partial charge on any atom is 0.229 e. The summed E-state index contributed by atoms with van der Waals surface area (Å²) in [6.45, 7) is 3.73. The highest BCUT2D eigenvalue weighted by Gasteiger charge is 2.20. The van der Waals surface area contributed by atoms with Crippen molar-refractivity contribution in [2.75, 3.05) is 6.54 Å². The van der Waals surface area contributed by atoms with Gasteiger partial charge in [-0.05, 0) is 0 Å². The van der Waals surface area contributed by atoms with E-state index in [9.17, 15) is 19.5 Å². The number of carbonyl (C=O) groups is 3. The highest BCUT2D eigenvalue weighted by Crippen LogP contribution is 2.12. The predicted octanol–water partition coefficient (Wildman–Crippen LogP) is -0.360. The minimum absolute atomic E-state index is 0.100. The molecule has 0 fully saturated rings. The molecule has 1 atom stereocenters. The third-order valence-corrected chi connectivity index (χ3v) is 5.65. The molecule has 8 heteroatoms. The number of carboxylic acids is 1. The van der Waals surface area contributed by atoms with E-state index in [2.05, 4.69) is 9.98 Å². The van der Waals surface area contributed by atoms with Gasteiger partial charge in [-0.3, -0.25) is 9.59 Å². The molecule has 0 spiro atoms. The number of carbonyl (C=O) groups excluding carboxylic acids is 3. The van der Waals surface area contributed by atoms with Crippen molar-refractivity contribution in [3.63, 3.8) is 0 Å². The summed E-state index contributed by atoms with van der Waals surface area (Å²) in [7, 11) is 0. The van der Waals surface area contributed by atoms with Gasteiger partial charge in [0, 0.05) is 54.5 Å². The fourth-order valence-electron chi connectivity index (χ4n) is 2.54. The molecule has 2 N–H and O–H groups in total. The van der Waals surface area contributed by atoms with Crippen molar-refractivity contribution in [3.05, 3.63) is 71.8 Å². The van der Waals surface area contributed by atoms with Gasteiger partial charge < -0.3 is 9.90 Å².